The van der Waals surface area contributed by atoms with Crippen LogP contribution in [0.4, 0.5) is 5.82 Å². The summed E-state index contributed by atoms with van der Waals surface area (Å²) in [6, 6.07) is 12.1. The lowest BCUT2D eigenvalue weighted by molar-refractivity contribution is 0.544. The first-order chi connectivity index (χ1) is 9.36. The number of hydrogen-bond donors (Lipinski definition) is 0. The summed E-state index contributed by atoms with van der Waals surface area (Å²) in [4.78, 5) is 11.0. The lowest BCUT2D eigenvalue weighted by atomic mass is 9.96. The molecule has 2 rings (SSSR count). The zero-order valence-electron chi connectivity index (χ0n) is 12.4. The number of aromatic nitrogens is 2. The van der Waals surface area contributed by atoms with Gasteiger partial charge in [0.25, 0.3) is 0 Å². The van der Waals surface area contributed by atoms with Gasteiger partial charge in [-0.3, -0.25) is 0 Å². The second-order valence-corrected chi connectivity index (χ2v) is 6.35. The molecular formula is C16H20ClN3. The normalized spacial score (nSPS) is 11.4. The molecule has 1 aromatic heterocycles. The number of halogens is 1. The summed E-state index contributed by atoms with van der Waals surface area (Å²) in [5.74, 6) is 1.61. The second-order valence-electron chi connectivity index (χ2n) is 5.96. The van der Waals surface area contributed by atoms with Gasteiger partial charge in [0.1, 0.15) is 16.8 Å². The molecule has 0 bridgehead atoms. The fourth-order valence-electron chi connectivity index (χ4n) is 1.87. The summed E-state index contributed by atoms with van der Waals surface area (Å²) in [6.45, 7) is 7.04. The average Bonchev–Trinajstić information content (AvgIpc) is 2.38. The van der Waals surface area contributed by atoms with Crippen LogP contribution in [0.15, 0.2) is 36.4 Å². The van der Waals surface area contributed by atoms with E-state index in [0.717, 1.165) is 18.2 Å². The third-order valence-corrected chi connectivity index (χ3v) is 3.20. The SMILES string of the molecule is CN(Cc1ccccc1)c1cc(Cl)nc(C(C)(C)C)n1. The van der Waals surface area contributed by atoms with Crippen LogP contribution in [0.1, 0.15) is 32.2 Å². The van der Waals surface area contributed by atoms with Gasteiger partial charge < -0.3 is 4.90 Å². The topological polar surface area (TPSA) is 29.0 Å². The number of rotatable bonds is 3. The number of hydrogen-bond acceptors (Lipinski definition) is 3. The first kappa shape index (κ1) is 14.8. The van der Waals surface area contributed by atoms with Crippen molar-refractivity contribution >= 4 is 17.4 Å². The predicted molar refractivity (Wildman–Crippen MR) is 84.3 cm³/mol. The second kappa shape index (κ2) is 5.80. The molecular weight excluding hydrogens is 270 g/mol. The van der Waals surface area contributed by atoms with Crippen LogP contribution in [0.2, 0.25) is 5.15 Å². The average molecular weight is 290 g/mol. The summed E-state index contributed by atoms with van der Waals surface area (Å²) in [7, 11) is 2.01. The highest BCUT2D eigenvalue weighted by Gasteiger charge is 2.19. The van der Waals surface area contributed by atoms with Gasteiger partial charge in [-0.15, -0.1) is 0 Å². The van der Waals surface area contributed by atoms with E-state index in [2.05, 4.69) is 47.8 Å². The van der Waals surface area contributed by atoms with Gasteiger partial charge in [0.15, 0.2) is 0 Å². The van der Waals surface area contributed by atoms with Crippen LogP contribution in [0.3, 0.4) is 0 Å². The van der Waals surface area contributed by atoms with Crippen molar-refractivity contribution in [3.8, 4) is 0 Å². The van der Waals surface area contributed by atoms with Gasteiger partial charge in [-0.25, -0.2) is 9.97 Å². The summed E-state index contributed by atoms with van der Waals surface area (Å²) in [6.07, 6.45) is 0. The molecule has 20 heavy (non-hydrogen) atoms. The first-order valence-electron chi connectivity index (χ1n) is 6.66. The standard InChI is InChI=1S/C16H20ClN3/c1-16(2,3)15-18-13(17)10-14(19-15)20(4)11-12-8-6-5-7-9-12/h5-10H,11H2,1-4H3. The van der Waals surface area contributed by atoms with Crippen molar-refractivity contribution in [1.82, 2.24) is 9.97 Å². The van der Waals surface area contributed by atoms with Crippen LogP contribution in [-0.2, 0) is 12.0 Å². The summed E-state index contributed by atoms with van der Waals surface area (Å²) < 4.78 is 0. The molecule has 0 unspecified atom stereocenters. The Morgan fingerprint density at radius 1 is 1.10 bits per heavy atom. The summed E-state index contributed by atoms with van der Waals surface area (Å²) >= 11 is 6.13. The predicted octanol–water partition coefficient (Wildman–Crippen LogP) is 4.06. The molecule has 0 fully saturated rings. The van der Waals surface area contributed by atoms with Crippen LogP contribution in [0, 0.1) is 0 Å². The van der Waals surface area contributed by atoms with Crippen molar-refractivity contribution in [2.24, 2.45) is 0 Å². The number of anilines is 1. The Kier molecular flexibility index (Phi) is 4.29. The van der Waals surface area contributed by atoms with E-state index in [1.54, 1.807) is 6.07 Å². The molecule has 2 aromatic rings. The van der Waals surface area contributed by atoms with Crippen molar-refractivity contribution in [3.05, 3.63) is 52.9 Å². The smallest absolute Gasteiger partial charge is 0.137 e. The minimum absolute atomic E-state index is 0.118. The Balaban J connectivity index is 2.26. The molecule has 0 aliphatic rings. The summed E-state index contributed by atoms with van der Waals surface area (Å²) in [5.41, 5.74) is 1.12. The highest BCUT2D eigenvalue weighted by Crippen LogP contribution is 2.24. The zero-order chi connectivity index (χ0) is 14.8. The van der Waals surface area contributed by atoms with Gasteiger partial charge in [-0.2, -0.15) is 0 Å². The van der Waals surface area contributed by atoms with Gasteiger partial charge in [-0.05, 0) is 5.56 Å². The van der Waals surface area contributed by atoms with Gasteiger partial charge in [0.2, 0.25) is 0 Å². The maximum atomic E-state index is 6.13. The third-order valence-electron chi connectivity index (χ3n) is 3.01. The Bertz CT molecular complexity index is 576. The van der Waals surface area contributed by atoms with E-state index < -0.39 is 0 Å². The van der Waals surface area contributed by atoms with Crippen molar-refractivity contribution in [3.63, 3.8) is 0 Å². The van der Waals surface area contributed by atoms with E-state index in [0.29, 0.717) is 5.15 Å². The molecule has 0 atom stereocenters. The van der Waals surface area contributed by atoms with Gasteiger partial charge >= 0.3 is 0 Å². The molecule has 0 amide bonds. The molecule has 0 aliphatic heterocycles. The Labute approximate surface area is 125 Å². The largest absolute Gasteiger partial charge is 0.355 e. The van der Waals surface area contributed by atoms with Crippen molar-refractivity contribution in [1.29, 1.82) is 0 Å². The van der Waals surface area contributed by atoms with Gasteiger partial charge in [0, 0.05) is 25.1 Å². The molecule has 3 nitrogen and oxygen atoms in total. The molecule has 0 saturated heterocycles. The molecule has 0 aliphatic carbocycles. The van der Waals surface area contributed by atoms with Gasteiger partial charge in [0.05, 0.1) is 0 Å². The van der Waals surface area contributed by atoms with Crippen molar-refractivity contribution in [2.45, 2.75) is 32.7 Å². The molecule has 106 valence electrons. The van der Waals surface area contributed by atoms with E-state index in [1.165, 1.54) is 5.56 Å². The van der Waals surface area contributed by atoms with Crippen LogP contribution in [-0.4, -0.2) is 17.0 Å². The minimum atomic E-state index is -0.118. The Morgan fingerprint density at radius 3 is 2.35 bits per heavy atom. The molecule has 0 N–H and O–H groups in total. The molecule has 0 radical (unpaired) electrons. The summed E-state index contributed by atoms with van der Waals surface area (Å²) in [5, 5.41) is 0.486. The van der Waals surface area contributed by atoms with E-state index in [4.69, 9.17) is 11.6 Å². The number of benzene rings is 1. The molecule has 4 heteroatoms. The maximum absolute atomic E-state index is 6.13. The molecule has 1 heterocycles. The Hall–Kier alpha value is -1.61. The van der Waals surface area contributed by atoms with Crippen LogP contribution in [0.5, 0.6) is 0 Å². The van der Waals surface area contributed by atoms with Crippen LogP contribution in [0.25, 0.3) is 0 Å². The van der Waals surface area contributed by atoms with Crippen LogP contribution >= 0.6 is 11.6 Å². The number of nitrogens with zero attached hydrogens (tertiary/aromatic N) is 3. The van der Waals surface area contributed by atoms with Crippen molar-refractivity contribution < 1.29 is 0 Å². The van der Waals surface area contributed by atoms with E-state index >= 15 is 0 Å². The highest BCUT2D eigenvalue weighted by molar-refractivity contribution is 6.29. The third kappa shape index (κ3) is 3.70. The van der Waals surface area contributed by atoms with Crippen LogP contribution < -0.4 is 4.90 Å². The first-order valence-corrected chi connectivity index (χ1v) is 7.04. The quantitative estimate of drug-likeness (QED) is 0.798. The maximum Gasteiger partial charge on any atom is 0.137 e. The zero-order valence-corrected chi connectivity index (χ0v) is 13.1. The molecule has 0 saturated carbocycles. The lowest BCUT2D eigenvalue weighted by Crippen LogP contribution is -2.22. The van der Waals surface area contributed by atoms with E-state index in [9.17, 15) is 0 Å². The minimum Gasteiger partial charge on any atom is -0.355 e. The Morgan fingerprint density at radius 2 is 1.75 bits per heavy atom. The van der Waals surface area contributed by atoms with Gasteiger partial charge in [-0.1, -0.05) is 62.7 Å². The van der Waals surface area contributed by atoms with Crippen molar-refractivity contribution in [2.75, 3.05) is 11.9 Å². The molecule has 1 aromatic carbocycles. The highest BCUT2D eigenvalue weighted by atomic mass is 35.5. The monoisotopic (exact) mass is 289 g/mol. The fourth-order valence-corrected chi connectivity index (χ4v) is 2.05. The molecule has 0 spiro atoms. The fraction of sp³-hybridized carbons (Fsp3) is 0.375. The van der Waals surface area contributed by atoms with E-state index in [1.807, 2.05) is 25.2 Å². The van der Waals surface area contributed by atoms with E-state index in [-0.39, 0.29) is 5.41 Å². The lowest BCUT2D eigenvalue weighted by Gasteiger charge is -2.22.